The van der Waals surface area contributed by atoms with Gasteiger partial charge in [-0.1, -0.05) is 12.1 Å². The quantitative estimate of drug-likeness (QED) is 0.582. The Morgan fingerprint density at radius 1 is 1.03 bits per heavy atom. The molecule has 0 aliphatic carbocycles. The summed E-state index contributed by atoms with van der Waals surface area (Å²) in [7, 11) is 3.22. The van der Waals surface area contributed by atoms with Gasteiger partial charge in [-0.2, -0.15) is 0 Å². The summed E-state index contributed by atoms with van der Waals surface area (Å²) in [4.78, 5) is 37.9. The van der Waals surface area contributed by atoms with Crippen molar-refractivity contribution in [2.45, 2.75) is 31.3 Å². The van der Waals surface area contributed by atoms with Crippen molar-refractivity contribution in [1.29, 1.82) is 0 Å². The first-order valence-corrected chi connectivity index (χ1v) is 11.8. The highest BCUT2D eigenvalue weighted by Gasteiger charge is 2.44. The van der Waals surface area contributed by atoms with E-state index in [1.165, 1.54) is 6.20 Å². The molecule has 9 heteroatoms. The number of aromatic nitrogens is 2. The smallest absolute Gasteiger partial charge is 0.272 e. The third-order valence-corrected chi connectivity index (χ3v) is 6.91. The number of methoxy groups -OCH3 is 2. The Bertz CT molecular complexity index is 1270. The predicted molar refractivity (Wildman–Crippen MR) is 131 cm³/mol. The minimum Gasteiger partial charge on any atom is -0.493 e. The van der Waals surface area contributed by atoms with E-state index in [4.69, 9.17) is 9.47 Å². The zero-order valence-electron chi connectivity index (χ0n) is 20.0. The molecule has 3 aromatic rings. The van der Waals surface area contributed by atoms with Crippen molar-refractivity contribution in [3.05, 3.63) is 59.4 Å². The molecule has 0 radical (unpaired) electrons. The van der Waals surface area contributed by atoms with Crippen LogP contribution in [0.1, 0.15) is 34.5 Å². The number of rotatable bonds is 5. The number of hydrogen-bond acceptors (Lipinski definition) is 7. The Kier molecular flexibility index (Phi) is 6.25. The van der Waals surface area contributed by atoms with Crippen LogP contribution in [0.25, 0.3) is 11.0 Å². The molecule has 2 N–H and O–H groups in total. The van der Waals surface area contributed by atoms with Crippen molar-refractivity contribution in [1.82, 2.24) is 25.5 Å². The van der Waals surface area contributed by atoms with Gasteiger partial charge in [0.2, 0.25) is 5.91 Å². The van der Waals surface area contributed by atoms with Crippen molar-refractivity contribution in [2.75, 3.05) is 33.9 Å². The molecule has 0 saturated carbocycles. The van der Waals surface area contributed by atoms with Gasteiger partial charge in [0.1, 0.15) is 11.2 Å². The first-order chi connectivity index (χ1) is 17.0. The highest BCUT2D eigenvalue weighted by atomic mass is 16.5. The van der Waals surface area contributed by atoms with Gasteiger partial charge in [0.05, 0.1) is 31.4 Å². The number of fused-ring (bicyclic) bond motifs is 2. The largest absolute Gasteiger partial charge is 0.493 e. The van der Waals surface area contributed by atoms with Crippen LogP contribution in [0.3, 0.4) is 0 Å². The first-order valence-electron chi connectivity index (χ1n) is 11.8. The van der Waals surface area contributed by atoms with Gasteiger partial charge in [0.15, 0.2) is 11.5 Å². The minimum absolute atomic E-state index is 0.0680. The lowest BCUT2D eigenvalue weighted by molar-refractivity contribution is -0.140. The maximum Gasteiger partial charge on any atom is 0.272 e. The fourth-order valence-corrected chi connectivity index (χ4v) is 4.95. The Morgan fingerprint density at radius 2 is 1.71 bits per heavy atom. The van der Waals surface area contributed by atoms with E-state index in [1.807, 2.05) is 41.3 Å². The molecule has 182 valence electrons. The molecule has 5 rings (SSSR count). The number of benzene rings is 2. The van der Waals surface area contributed by atoms with Gasteiger partial charge in [-0.25, -0.2) is 4.98 Å². The highest BCUT2D eigenvalue weighted by molar-refractivity contribution is 5.99. The topological polar surface area (TPSA) is 106 Å². The number of nitrogens with zero attached hydrogens (tertiary/aromatic N) is 3. The standard InChI is InChI=1S/C26H29N5O4/c1-34-22-13-17-7-12-31(16-18(17)14-23(22)35-2)25(33)26(8-10-27-11-9-26)30-24(32)21-15-28-19-5-3-4-6-20(19)29-21/h3-6,13-15,27H,7-12,16H2,1-2H3,(H,30,32). The molecule has 9 nitrogen and oxygen atoms in total. The van der Waals surface area contributed by atoms with E-state index in [-0.39, 0.29) is 17.5 Å². The zero-order valence-corrected chi connectivity index (χ0v) is 20.0. The average Bonchev–Trinajstić information content (AvgIpc) is 2.91. The summed E-state index contributed by atoms with van der Waals surface area (Å²) < 4.78 is 10.9. The molecule has 3 heterocycles. The number of para-hydroxylation sites is 2. The van der Waals surface area contributed by atoms with Crippen molar-refractivity contribution >= 4 is 22.8 Å². The summed E-state index contributed by atoms with van der Waals surface area (Å²) in [5, 5.41) is 6.36. The molecule has 0 spiro atoms. The van der Waals surface area contributed by atoms with Crippen molar-refractivity contribution < 1.29 is 19.1 Å². The Labute approximate surface area is 203 Å². The monoisotopic (exact) mass is 475 g/mol. The average molecular weight is 476 g/mol. The first kappa shape index (κ1) is 23.0. The van der Waals surface area contributed by atoms with Crippen LogP contribution < -0.4 is 20.1 Å². The van der Waals surface area contributed by atoms with Gasteiger partial charge in [0.25, 0.3) is 5.91 Å². The van der Waals surface area contributed by atoms with Crippen LogP contribution in [0.5, 0.6) is 11.5 Å². The zero-order chi connectivity index (χ0) is 24.4. The van der Waals surface area contributed by atoms with E-state index < -0.39 is 5.54 Å². The van der Waals surface area contributed by atoms with Gasteiger partial charge in [0, 0.05) is 13.1 Å². The van der Waals surface area contributed by atoms with E-state index in [0.717, 1.165) is 16.6 Å². The highest BCUT2D eigenvalue weighted by Crippen LogP contribution is 2.34. The van der Waals surface area contributed by atoms with Gasteiger partial charge >= 0.3 is 0 Å². The molecule has 2 aliphatic rings. The molecule has 0 bridgehead atoms. The van der Waals surface area contributed by atoms with Crippen LogP contribution in [-0.2, 0) is 17.8 Å². The van der Waals surface area contributed by atoms with Gasteiger partial charge in [-0.05, 0) is 67.7 Å². The maximum absolute atomic E-state index is 13.9. The fraction of sp³-hybridized carbons (Fsp3) is 0.385. The van der Waals surface area contributed by atoms with Crippen LogP contribution in [0.2, 0.25) is 0 Å². The lowest BCUT2D eigenvalue weighted by Gasteiger charge is -2.42. The SMILES string of the molecule is COc1cc2c(cc1OC)CN(C(=O)C1(NC(=O)c3cnc4ccccc4n3)CCNCC1)CC2. The summed E-state index contributed by atoms with van der Waals surface area (Å²) >= 11 is 0. The molecular formula is C26H29N5O4. The summed E-state index contributed by atoms with van der Waals surface area (Å²) in [6.07, 6.45) is 3.19. The van der Waals surface area contributed by atoms with E-state index in [2.05, 4.69) is 20.6 Å². The summed E-state index contributed by atoms with van der Waals surface area (Å²) in [6, 6.07) is 11.3. The number of nitrogens with one attached hydrogen (secondary N) is 2. The Hall–Kier alpha value is -3.72. The molecule has 1 saturated heterocycles. The Morgan fingerprint density at radius 3 is 2.43 bits per heavy atom. The molecule has 2 aliphatic heterocycles. The van der Waals surface area contributed by atoms with Crippen molar-refractivity contribution in [3.8, 4) is 11.5 Å². The maximum atomic E-state index is 13.9. The van der Waals surface area contributed by atoms with Crippen molar-refractivity contribution in [3.63, 3.8) is 0 Å². The number of piperidine rings is 1. The van der Waals surface area contributed by atoms with Crippen LogP contribution in [0, 0.1) is 0 Å². The van der Waals surface area contributed by atoms with Crippen LogP contribution in [-0.4, -0.2) is 66.1 Å². The van der Waals surface area contributed by atoms with E-state index in [1.54, 1.807) is 14.2 Å². The summed E-state index contributed by atoms with van der Waals surface area (Å²) in [6.45, 7) is 2.31. The second-order valence-electron chi connectivity index (χ2n) is 8.98. The van der Waals surface area contributed by atoms with E-state index in [0.29, 0.717) is 62.5 Å². The molecule has 1 fully saturated rings. The summed E-state index contributed by atoms with van der Waals surface area (Å²) in [5.74, 6) is 0.869. The van der Waals surface area contributed by atoms with Gasteiger partial charge in [-0.3, -0.25) is 14.6 Å². The van der Waals surface area contributed by atoms with Gasteiger partial charge < -0.3 is 25.0 Å². The number of carbonyl (C=O) groups excluding carboxylic acids is 2. The van der Waals surface area contributed by atoms with E-state index >= 15 is 0 Å². The second kappa shape index (κ2) is 9.50. The Balaban J connectivity index is 1.40. The van der Waals surface area contributed by atoms with Gasteiger partial charge in [-0.15, -0.1) is 0 Å². The second-order valence-corrected chi connectivity index (χ2v) is 8.98. The number of amides is 2. The van der Waals surface area contributed by atoms with Crippen LogP contribution in [0.15, 0.2) is 42.6 Å². The molecule has 0 unspecified atom stereocenters. The summed E-state index contributed by atoms with van der Waals surface area (Å²) in [5.41, 5.74) is 2.73. The lowest BCUT2D eigenvalue weighted by atomic mass is 9.85. The molecule has 35 heavy (non-hydrogen) atoms. The molecule has 0 atom stereocenters. The number of hydrogen-bond donors (Lipinski definition) is 2. The number of carbonyl (C=O) groups is 2. The molecule has 2 amide bonds. The fourth-order valence-electron chi connectivity index (χ4n) is 4.95. The minimum atomic E-state index is -0.996. The predicted octanol–water partition coefficient (Wildman–Crippen LogP) is 2.08. The molecular weight excluding hydrogens is 446 g/mol. The lowest BCUT2D eigenvalue weighted by Crippen LogP contribution is -2.64. The third kappa shape index (κ3) is 4.39. The molecule has 1 aromatic heterocycles. The normalized spacial score (nSPS) is 16.9. The van der Waals surface area contributed by atoms with Crippen LogP contribution in [0.4, 0.5) is 0 Å². The van der Waals surface area contributed by atoms with E-state index in [9.17, 15) is 9.59 Å². The molecule has 2 aromatic carbocycles. The number of ether oxygens (including phenoxy) is 2. The van der Waals surface area contributed by atoms with Crippen molar-refractivity contribution in [2.24, 2.45) is 0 Å². The van der Waals surface area contributed by atoms with Crippen LogP contribution >= 0.6 is 0 Å². The third-order valence-electron chi connectivity index (χ3n) is 6.91.